The Morgan fingerprint density at radius 1 is 1.50 bits per heavy atom. The van der Waals surface area contributed by atoms with Gasteiger partial charge in [-0.25, -0.2) is 0 Å². The van der Waals surface area contributed by atoms with E-state index in [1.165, 1.54) is 0 Å². The third-order valence-corrected chi connectivity index (χ3v) is 0.391. The highest BCUT2D eigenvalue weighted by Gasteiger charge is 2.04. The summed E-state index contributed by atoms with van der Waals surface area (Å²) in [7, 11) is 3.19. The molecule has 0 aromatic heterocycles. The molecule has 0 fully saturated rings. The van der Waals surface area contributed by atoms with Crippen molar-refractivity contribution in [3.8, 4) is 0 Å². The average molecular weight is 86.1 g/mol. The lowest BCUT2D eigenvalue weighted by Gasteiger charge is -2.13. The lowest BCUT2D eigenvalue weighted by atomic mass is 10.2. The molecule has 6 heavy (non-hydrogen) atoms. The van der Waals surface area contributed by atoms with Crippen molar-refractivity contribution in [1.82, 2.24) is 0 Å². The third kappa shape index (κ3) is 3.96. The Bertz CT molecular complexity index is 33.7. The molecule has 0 heterocycles. The summed E-state index contributed by atoms with van der Waals surface area (Å²) in [6.45, 7) is 7.30. The summed E-state index contributed by atoms with van der Waals surface area (Å²) in [4.78, 5) is 0. The minimum atomic E-state index is -0.319. The Morgan fingerprint density at radius 3 is 1.67 bits per heavy atom. The van der Waals surface area contributed by atoms with E-state index in [4.69, 9.17) is 0 Å². The molecule has 36 valence electrons. The molecular weight excluding hydrogens is 76.1 g/mol. The second-order valence-corrected chi connectivity index (χ2v) is 1.90. The van der Waals surface area contributed by atoms with Crippen molar-refractivity contribution in [3.63, 3.8) is 0 Å². The largest absolute Gasteiger partial charge is 0.373 e. The number of rotatable bonds is 1. The van der Waals surface area contributed by atoms with E-state index in [2.05, 4.69) is 18.8 Å². The van der Waals surface area contributed by atoms with Gasteiger partial charge in [0.25, 0.3) is 0 Å². The van der Waals surface area contributed by atoms with Gasteiger partial charge in [-0.2, -0.15) is 0 Å². The number of hydrogen-bond donors (Lipinski definition) is 0. The minimum Gasteiger partial charge on any atom is -0.373 e. The van der Waals surface area contributed by atoms with Gasteiger partial charge in [-0.3, -0.25) is 0 Å². The predicted molar refractivity (Wildman–Crippen MR) is 25.9 cm³/mol. The highest BCUT2D eigenvalue weighted by molar-refractivity contribution is 4.69. The Morgan fingerprint density at radius 2 is 1.67 bits per heavy atom. The molecule has 0 aromatic rings. The van der Waals surface area contributed by atoms with Gasteiger partial charge in [0.05, 0.1) is 12.7 Å². The van der Waals surface area contributed by atoms with Crippen LogP contribution in [-0.4, -0.2) is 5.60 Å². The molecule has 2 radical (unpaired) electrons. The predicted octanol–water partition coefficient (Wildman–Crippen LogP) is 1.41. The van der Waals surface area contributed by atoms with Crippen molar-refractivity contribution in [2.24, 2.45) is 0 Å². The smallest absolute Gasteiger partial charge is 0.0708 e. The molecule has 0 saturated heterocycles. The van der Waals surface area contributed by atoms with Gasteiger partial charge in [0.1, 0.15) is 0 Å². The van der Waals surface area contributed by atoms with Crippen LogP contribution in [0.2, 0.25) is 0 Å². The molecule has 0 atom stereocenters. The monoisotopic (exact) mass is 86.1 g/mol. The lowest BCUT2D eigenvalue weighted by Crippen LogP contribution is -2.14. The van der Waals surface area contributed by atoms with Crippen LogP contribution < -0.4 is 0 Å². The van der Waals surface area contributed by atoms with Gasteiger partial charge in [0.15, 0.2) is 0 Å². The fraction of sp³-hybridized carbons (Fsp3) is 0.600. The fourth-order valence-electron chi connectivity index (χ4n) is 0. The second kappa shape index (κ2) is 1.61. The van der Waals surface area contributed by atoms with E-state index < -0.39 is 0 Å². The molecule has 0 spiro atoms. The number of ether oxygens (including phenoxy) is 1. The molecular formula is C5H10O. The standard InChI is InChI=1S/C5H10O/c1-5(2,3)6-4/h1,4H2,2-3H3. The van der Waals surface area contributed by atoms with Crippen molar-refractivity contribution in [1.29, 1.82) is 0 Å². The highest BCUT2D eigenvalue weighted by Crippen LogP contribution is 2.02. The maximum absolute atomic E-state index is 4.58. The van der Waals surface area contributed by atoms with Gasteiger partial charge < -0.3 is 4.74 Å². The minimum absolute atomic E-state index is 0.319. The Kier molecular flexibility index (Phi) is 1.59. The Labute approximate surface area is 39.3 Å². The van der Waals surface area contributed by atoms with E-state index >= 15 is 0 Å². The van der Waals surface area contributed by atoms with Crippen LogP contribution in [0.3, 0.4) is 0 Å². The first-order valence-electron chi connectivity index (χ1n) is 1.85. The molecule has 0 aliphatic carbocycles. The van der Waals surface area contributed by atoms with Crippen molar-refractivity contribution in [3.05, 3.63) is 14.0 Å². The van der Waals surface area contributed by atoms with Gasteiger partial charge in [-0.05, 0) is 20.8 Å². The molecule has 1 nitrogen and oxygen atoms in total. The molecule has 0 amide bonds. The first-order valence-corrected chi connectivity index (χ1v) is 1.85. The maximum Gasteiger partial charge on any atom is 0.0708 e. The average Bonchev–Trinajstić information content (AvgIpc) is 1.35. The van der Waals surface area contributed by atoms with Crippen LogP contribution in [0.25, 0.3) is 0 Å². The Hall–Kier alpha value is -0.0400. The third-order valence-electron chi connectivity index (χ3n) is 0.391. The molecule has 1 heteroatoms. The Balaban J connectivity index is 3.17. The van der Waals surface area contributed by atoms with E-state index in [9.17, 15) is 0 Å². The van der Waals surface area contributed by atoms with Crippen LogP contribution in [0.4, 0.5) is 0 Å². The molecule has 0 bridgehead atoms. The summed E-state index contributed by atoms with van der Waals surface area (Å²) in [6, 6.07) is 0. The highest BCUT2D eigenvalue weighted by atomic mass is 16.5. The second-order valence-electron chi connectivity index (χ2n) is 1.90. The molecule has 0 rings (SSSR count). The van der Waals surface area contributed by atoms with Crippen LogP contribution in [0.5, 0.6) is 0 Å². The topological polar surface area (TPSA) is 9.23 Å². The summed E-state index contributed by atoms with van der Waals surface area (Å²) in [5.41, 5.74) is -0.319. The van der Waals surface area contributed by atoms with E-state index in [1.54, 1.807) is 0 Å². The molecule has 0 saturated carbocycles. The normalized spacial score (nSPS) is 12.0. The quantitative estimate of drug-likeness (QED) is 0.468. The van der Waals surface area contributed by atoms with Crippen LogP contribution in [-0.2, 0) is 4.74 Å². The zero-order valence-electron chi connectivity index (χ0n) is 4.32. The summed E-state index contributed by atoms with van der Waals surface area (Å²) < 4.78 is 4.58. The molecule has 0 N–H and O–H groups in total. The van der Waals surface area contributed by atoms with Crippen molar-refractivity contribution < 1.29 is 4.74 Å². The fourth-order valence-corrected chi connectivity index (χ4v) is 0. The van der Waals surface area contributed by atoms with Gasteiger partial charge in [-0.15, -0.1) is 0 Å². The molecule has 0 aliphatic rings. The van der Waals surface area contributed by atoms with E-state index in [0.29, 0.717) is 0 Å². The van der Waals surface area contributed by atoms with Crippen LogP contribution in [0.15, 0.2) is 0 Å². The zero-order chi connectivity index (χ0) is 5.21. The summed E-state index contributed by atoms with van der Waals surface area (Å²) in [5, 5.41) is 0. The van der Waals surface area contributed by atoms with Gasteiger partial charge in [0.2, 0.25) is 0 Å². The SMILES string of the molecule is [CH2]OC([CH2])(C)C. The van der Waals surface area contributed by atoms with Gasteiger partial charge in [-0.1, -0.05) is 0 Å². The molecule has 0 aliphatic heterocycles. The van der Waals surface area contributed by atoms with E-state index in [-0.39, 0.29) is 5.60 Å². The van der Waals surface area contributed by atoms with Crippen LogP contribution >= 0.6 is 0 Å². The van der Waals surface area contributed by atoms with E-state index in [1.807, 2.05) is 13.8 Å². The molecule has 0 aromatic carbocycles. The van der Waals surface area contributed by atoms with Gasteiger partial charge >= 0.3 is 0 Å². The van der Waals surface area contributed by atoms with Crippen LogP contribution in [0.1, 0.15) is 13.8 Å². The zero-order valence-corrected chi connectivity index (χ0v) is 4.32. The summed E-state index contributed by atoms with van der Waals surface area (Å²) >= 11 is 0. The van der Waals surface area contributed by atoms with Gasteiger partial charge in [0, 0.05) is 0 Å². The lowest BCUT2D eigenvalue weighted by molar-refractivity contribution is 0.0962. The first-order chi connectivity index (χ1) is 2.56. The molecule has 0 unspecified atom stereocenters. The van der Waals surface area contributed by atoms with Crippen molar-refractivity contribution >= 4 is 0 Å². The van der Waals surface area contributed by atoms with E-state index in [0.717, 1.165) is 0 Å². The summed E-state index contributed by atoms with van der Waals surface area (Å²) in [6.07, 6.45) is 0. The van der Waals surface area contributed by atoms with Crippen LogP contribution in [0, 0.1) is 14.0 Å². The van der Waals surface area contributed by atoms with Crippen molar-refractivity contribution in [2.45, 2.75) is 19.4 Å². The maximum atomic E-state index is 4.58. The number of hydrogen-bond acceptors (Lipinski definition) is 1. The first kappa shape index (κ1) is 5.96. The van der Waals surface area contributed by atoms with Crippen molar-refractivity contribution in [2.75, 3.05) is 0 Å². The summed E-state index contributed by atoms with van der Waals surface area (Å²) in [5.74, 6) is 0.